The number of para-hydroxylation sites is 3. The maximum Gasteiger partial charge on any atom is 0.180 e. The van der Waals surface area contributed by atoms with Gasteiger partial charge < -0.3 is 13.3 Å². The van der Waals surface area contributed by atoms with E-state index in [0.717, 1.165) is 183 Å². The molecule has 9 heterocycles. The third kappa shape index (κ3) is 18.2. The van der Waals surface area contributed by atoms with Gasteiger partial charge in [0.2, 0.25) is 0 Å². The summed E-state index contributed by atoms with van der Waals surface area (Å²) in [6.07, 6.45) is 0. The van der Waals surface area contributed by atoms with Gasteiger partial charge in [-0.05, 0) is 69.8 Å². The van der Waals surface area contributed by atoms with E-state index in [1.165, 1.54) is 0 Å². The van der Waals surface area contributed by atoms with Gasteiger partial charge in [0, 0.05) is 99.6 Å². The van der Waals surface area contributed by atoms with Crippen molar-refractivity contribution in [1.29, 1.82) is 0 Å². The zero-order chi connectivity index (χ0) is 97.7. The van der Waals surface area contributed by atoms with Crippen LogP contribution in [0.25, 0.3) is 270 Å². The van der Waals surface area contributed by atoms with Crippen molar-refractivity contribution in [3.05, 3.63) is 491 Å². The molecule has 690 valence electrons. The standard InChI is InChI=1S/C49H31N5O.C43H27N5O.C37H23N5O/c1-4-12-36(13-5-1)43-45-44(41-18-10-11-19-42(41)55-45)51-46(50-43)39-28-24-34(25-29-39)32-20-22-33(23-21-32)35-26-30-40(31-27-35)49-53-47(37-14-6-2-7-15-37)52-48(54-49)38-16-8-3-9-17-38;1-4-12-30(13-5-1)37-39-38(35-18-10-11-19-36(35)49-39)45-40(44-37)33-24-20-28(21-25-33)29-22-26-34(27-23-29)43-47-41(31-14-6-2-7-15-31)46-42(48-43)32-16-8-3-9-17-32;1-4-12-24(13-5-1)31-33-32(29-18-10-11-19-30(29)43-33)39-34(38-31)27-20-22-28(23-21-27)37-41-35(25-14-6-2-7-15-25)40-36(42-37)26-16-8-3-9-17-26/h1-31H;1-27H;1-23H. The van der Waals surface area contributed by atoms with Crippen LogP contribution in [0.5, 0.6) is 0 Å². The second-order valence-corrected chi connectivity index (χ2v) is 35.2. The van der Waals surface area contributed by atoms with E-state index in [9.17, 15) is 0 Å². The molecule has 0 unspecified atom stereocenters. The van der Waals surface area contributed by atoms with E-state index < -0.39 is 0 Å². The molecule has 9 aromatic heterocycles. The Kier molecular flexibility index (Phi) is 23.6. The van der Waals surface area contributed by atoms with Gasteiger partial charge in [-0.2, -0.15) is 0 Å². The fraction of sp³-hybridized carbons (Fsp3) is 0. The molecule has 0 aliphatic rings. The zero-order valence-electron chi connectivity index (χ0n) is 78.7. The van der Waals surface area contributed by atoms with Gasteiger partial charge in [-0.25, -0.2) is 74.8 Å². The van der Waals surface area contributed by atoms with E-state index in [0.29, 0.717) is 86.6 Å². The van der Waals surface area contributed by atoms with E-state index in [2.05, 4.69) is 133 Å². The average molecular weight is 1890 g/mol. The predicted octanol–water partition coefficient (Wildman–Crippen LogP) is 31.7. The fourth-order valence-corrected chi connectivity index (χ4v) is 18.2. The Labute approximate surface area is 843 Å². The van der Waals surface area contributed by atoms with Gasteiger partial charge in [-0.3, -0.25) is 0 Å². The molecule has 0 radical (unpaired) electrons. The topological polar surface area (TPSA) is 233 Å². The van der Waals surface area contributed by atoms with E-state index in [1.807, 2.05) is 358 Å². The van der Waals surface area contributed by atoms with Crippen LogP contribution in [0.3, 0.4) is 0 Å². The molecule has 27 rings (SSSR count). The van der Waals surface area contributed by atoms with Crippen molar-refractivity contribution in [2.24, 2.45) is 0 Å². The highest BCUT2D eigenvalue weighted by atomic mass is 16.3. The summed E-state index contributed by atoms with van der Waals surface area (Å²) >= 11 is 0. The van der Waals surface area contributed by atoms with Crippen molar-refractivity contribution in [2.75, 3.05) is 0 Å². The lowest BCUT2D eigenvalue weighted by Gasteiger charge is -2.10. The largest absolute Gasteiger partial charge is 0.452 e. The van der Waals surface area contributed by atoms with Crippen LogP contribution in [0.4, 0.5) is 0 Å². The van der Waals surface area contributed by atoms with Crippen molar-refractivity contribution in [1.82, 2.24) is 74.8 Å². The average Bonchev–Trinajstić information content (AvgIpc) is 1.61. The van der Waals surface area contributed by atoms with E-state index >= 15 is 0 Å². The zero-order valence-corrected chi connectivity index (χ0v) is 78.7. The van der Waals surface area contributed by atoms with Gasteiger partial charge in [0.05, 0.1) is 0 Å². The van der Waals surface area contributed by atoms with Gasteiger partial charge in [0.1, 0.15) is 50.4 Å². The molecular formula is C129H81N15O3. The second kappa shape index (κ2) is 39.4. The molecule has 0 saturated carbocycles. The summed E-state index contributed by atoms with van der Waals surface area (Å²) in [5.41, 5.74) is 29.9. The highest BCUT2D eigenvalue weighted by molar-refractivity contribution is 6.10. The van der Waals surface area contributed by atoms with E-state index in [4.69, 9.17) is 88.0 Å². The van der Waals surface area contributed by atoms with Crippen molar-refractivity contribution in [2.45, 2.75) is 0 Å². The number of benzene rings is 18. The first-order chi connectivity index (χ1) is 72.8. The van der Waals surface area contributed by atoms with Crippen LogP contribution in [0.1, 0.15) is 0 Å². The Morgan fingerprint density at radius 2 is 0.231 bits per heavy atom. The Balaban J connectivity index is 0.000000116. The van der Waals surface area contributed by atoms with Gasteiger partial charge >= 0.3 is 0 Å². The number of nitrogens with zero attached hydrogens (tertiary/aromatic N) is 15. The Morgan fingerprint density at radius 3 is 0.401 bits per heavy atom. The number of hydrogen-bond acceptors (Lipinski definition) is 18. The molecule has 147 heavy (non-hydrogen) atoms. The molecule has 18 nitrogen and oxygen atoms in total. The Hall–Kier alpha value is -20.4. The van der Waals surface area contributed by atoms with Crippen LogP contribution in [0, 0.1) is 0 Å². The highest BCUT2D eigenvalue weighted by Gasteiger charge is 2.25. The van der Waals surface area contributed by atoms with Gasteiger partial charge in [0.25, 0.3) is 0 Å². The molecule has 0 amide bonds. The third-order valence-electron chi connectivity index (χ3n) is 25.8. The van der Waals surface area contributed by atoms with Crippen LogP contribution in [-0.4, -0.2) is 74.8 Å². The minimum Gasteiger partial charge on any atom is -0.452 e. The lowest BCUT2D eigenvalue weighted by atomic mass is 9.99. The van der Waals surface area contributed by atoms with Crippen molar-refractivity contribution < 1.29 is 13.3 Å². The Morgan fingerprint density at radius 1 is 0.102 bits per heavy atom. The molecule has 0 bridgehead atoms. The second-order valence-electron chi connectivity index (χ2n) is 35.2. The van der Waals surface area contributed by atoms with Crippen molar-refractivity contribution in [3.63, 3.8) is 0 Å². The summed E-state index contributed by atoms with van der Waals surface area (Å²) < 4.78 is 18.8. The number of furan rings is 3. The summed E-state index contributed by atoms with van der Waals surface area (Å²) in [4.78, 5) is 73.7. The molecule has 0 aliphatic carbocycles. The lowest BCUT2D eigenvalue weighted by molar-refractivity contribution is 0.667. The molecule has 0 N–H and O–H groups in total. The molecule has 0 spiro atoms. The summed E-state index contributed by atoms with van der Waals surface area (Å²) in [6.45, 7) is 0. The third-order valence-corrected chi connectivity index (χ3v) is 25.8. The molecular weight excluding hydrogens is 1810 g/mol. The molecule has 18 aromatic carbocycles. The molecule has 0 atom stereocenters. The molecule has 0 aliphatic heterocycles. The smallest absolute Gasteiger partial charge is 0.180 e. The van der Waals surface area contributed by atoms with Crippen molar-refractivity contribution >= 4 is 66.2 Å². The Bertz CT molecular complexity index is 9270. The van der Waals surface area contributed by atoms with Crippen LogP contribution in [0.15, 0.2) is 505 Å². The van der Waals surface area contributed by atoms with E-state index in [1.54, 1.807) is 0 Å². The van der Waals surface area contributed by atoms with Gasteiger partial charge in [-0.1, -0.05) is 455 Å². The molecule has 0 fully saturated rings. The number of fused-ring (bicyclic) bond motifs is 9. The lowest BCUT2D eigenvalue weighted by Crippen LogP contribution is -2.00. The predicted molar refractivity (Wildman–Crippen MR) is 586 cm³/mol. The summed E-state index contributed by atoms with van der Waals surface area (Å²) in [7, 11) is 0. The van der Waals surface area contributed by atoms with Gasteiger partial charge in [-0.15, -0.1) is 0 Å². The minimum absolute atomic E-state index is 0.599. The van der Waals surface area contributed by atoms with Crippen LogP contribution < -0.4 is 0 Å². The quantitative estimate of drug-likeness (QED) is 0.0777. The van der Waals surface area contributed by atoms with Gasteiger partial charge in [0.15, 0.2) is 86.6 Å². The monoisotopic (exact) mass is 1890 g/mol. The summed E-state index contributed by atoms with van der Waals surface area (Å²) in [5, 5.41) is 2.91. The van der Waals surface area contributed by atoms with Crippen LogP contribution >= 0.6 is 0 Å². The number of hydrogen-bond donors (Lipinski definition) is 0. The number of rotatable bonds is 18. The van der Waals surface area contributed by atoms with Crippen molar-refractivity contribution in [3.8, 4) is 204 Å². The molecule has 0 saturated heterocycles. The number of aromatic nitrogens is 15. The SMILES string of the molecule is c1ccc(-c2nc(-c3ccccc3)nc(-c3ccc(-c4ccc(-c5ccc(-c6nc(-c7ccccc7)c7oc8ccccc8c7n6)cc5)cc4)cc3)n2)cc1.c1ccc(-c2nc(-c3ccccc3)nc(-c3ccc(-c4ccc(-c5nc(-c6ccccc6)c6oc7ccccc7c6n5)cc4)cc3)n2)cc1.c1ccc(-c2nc(-c3ccccc3)nc(-c3ccc(-c4nc(-c5ccccc5)c5oc6ccccc6c5n4)cc3)n2)cc1. The fourth-order valence-electron chi connectivity index (χ4n) is 18.2. The first-order valence-corrected chi connectivity index (χ1v) is 48.3. The van der Waals surface area contributed by atoms with E-state index in [-0.39, 0.29) is 0 Å². The first kappa shape index (κ1) is 88.1. The summed E-state index contributed by atoms with van der Waals surface area (Å²) in [5.74, 6) is 7.63. The summed E-state index contributed by atoms with van der Waals surface area (Å²) in [6, 6.07) is 165. The highest BCUT2D eigenvalue weighted by Crippen LogP contribution is 2.43. The molecule has 18 heteroatoms. The van der Waals surface area contributed by atoms with Crippen LogP contribution in [-0.2, 0) is 0 Å². The molecule has 27 aromatic rings. The minimum atomic E-state index is 0.599. The maximum atomic E-state index is 6.28. The normalized spacial score (nSPS) is 11.3. The maximum absolute atomic E-state index is 6.28. The van der Waals surface area contributed by atoms with Crippen LogP contribution in [0.2, 0.25) is 0 Å². The first-order valence-electron chi connectivity index (χ1n) is 48.3.